The second-order valence-corrected chi connectivity index (χ2v) is 5.81. The van der Waals surface area contributed by atoms with Crippen molar-refractivity contribution < 1.29 is 4.39 Å². The fourth-order valence-corrected chi connectivity index (χ4v) is 2.53. The predicted octanol–water partition coefficient (Wildman–Crippen LogP) is 5.18. The van der Waals surface area contributed by atoms with Gasteiger partial charge in [-0.25, -0.2) is 4.39 Å². The van der Waals surface area contributed by atoms with Crippen LogP contribution < -0.4 is 5.32 Å². The van der Waals surface area contributed by atoms with Gasteiger partial charge in [-0.05, 0) is 61.2 Å². The monoisotopic (exact) mass is 305 g/mol. The average molecular weight is 306 g/mol. The first-order valence-electron chi connectivity index (χ1n) is 7.28. The van der Waals surface area contributed by atoms with Crippen molar-refractivity contribution >= 4 is 11.6 Å². The maximum Gasteiger partial charge on any atom is 0.126 e. The minimum absolute atomic E-state index is 0.0558. The summed E-state index contributed by atoms with van der Waals surface area (Å²) < 4.78 is 13.5. The summed E-state index contributed by atoms with van der Waals surface area (Å²) in [6.45, 7) is 6.83. The summed E-state index contributed by atoms with van der Waals surface area (Å²) in [6.07, 6.45) is 1.04. The molecular formula is C18H21ClFN. The van der Waals surface area contributed by atoms with Crippen LogP contribution in [0.25, 0.3) is 0 Å². The largest absolute Gasteiger partial charge is 0.306 e. The number of aryl methyl sites for hydroxylation is 2. The Morgan fingerprint density at radius 1 is 1.05 bits per heavy atom. The molecule has 0 aliphatic heterocycles. The molecule has 0 aliphatic rings. The quantitative estimate of drug-likeness (QED) is 0.802. The van der Waals surface area contributed by atoms with Crippen LogP contribution in [0.5, 0.6) is 0 Å². The Morgan fingerprint density at radius 2 is 1.67 bits per heavy atom. The van der Waals surface area contributed by atoms with Gasteiger partial charge in [0, 0.05) is 5.02 Å². The molecule has 0 aliphatic carbocycles. The summed E-state index contributed by atoms with van der Waals surface area (Å²) in [5, 5.41) is 4.30. The van der Waals surface area contributed by atoms with Gasteiger partial charge in [-0.1, -0.05) is 42.8 Å². The lowest BCUT2D eigenvalue weighted by Crippen LogP contribution is -2.23. The molecule has 0 fully saturated rings. The van der Waals surface area contributed by atoms with Crippen molar-refractivity contribution in [3.63, 3.8) is 0 Å². The second kappa shape index (κ2) is 7.06. The van der Waals surface area contributed by atoms with Crippen molar-refractivity contribution in [2.45, 2.75) is 33.2 Å². The first-order valence-corrected chi connectivity index (χ1v) is 7.66. The molecule has 1 atom stereocenters. The van der Waals surface area contributed by atoms with Crippen molar-refractivity contribution in [3.05, 3.63) is 69.5 Å². The van der Waals surface area contributed by atoms with E-state index < -0.39 is 0 Å². The third-order valence-electron chi connectivity index (χ3n) is 3.63. The van der Waals surface area contributed by atoms with E-state index in [4.69, 9.17) is 11.6 Å². The molecule has 1 unspecified atom stereocenters. The van der Waals surface area contributed by atoms with E-state index in [0.717, 1.165) is 34.7 Å². The summed E-state index contributed by atoms with van der Waals surface area (Å²) in [6, 6.07) is 11.4. The topological polar surface area (TPSA) is 12.0 Å². The van der Waals surface area contributed by atoms with Crippen molar-refractivity contribution in [1.29, 1.82) is 0 Å². The van der Waals surface area contributed by atoms with Crippen molar-refractivity contribution in [2.75, 3.05) is 6.54 Å². The fourth-order valence-electron chi connectivity index (χ4n) is 2.41. The molecule has 1 N–H and O–H groups in total. The standard InChI is InChI=1S/C18H21ClFN/c1-4-9-21-18(14-5-7-16(19)12(2)10-14)15-6-8-17(20)13(3)11-15/h5-8,10-11,18,21H,4,9H2,1-3H3. The molecular weight excluding hydrogens is 285 g/mol. The van der Waals surface area contributed by atoms with E-state index in [2.05, 4.69) is 18.3 Å². The Balaban J connectivity index is 2.41. The van der Waals surface area contributed by atoms with Gasteiger partial charge in [-0.2, -0.15) is 0 Å². The molecule has 0 saturated carbocycles. The van der Waals surface area contributed by atoms with E-state index in [1.165, 1.54) is 6.07 Å². The van der Waals surface area contributed by atoms with E-state index in [-0.39, 0.29) is 11.9 Å². The molecule has 112 valence electrons. The van der Waals surface area contributed by atoms with Crippen molar-refractivity contribution in [2.24, 2.45) is 0 Å². The summed E-state index contributed by atoms with van der Waals surface area (Å²) in [5.41, 5.74) is 3.94. The molecule has 0 radical (unpaired) electrons. The molecule has 2 aromatic carbocycles. The SMILES string of the molecule is CCCNC(c1ccc(F)c(C)c1)c1ccc(Cl)c(C)c1. The van der Waals surface area contributed by atoms with Gasteiger partial charge in [-0.3, -0.25) is 0 Å². The fraction of sp³-hybridized carbons (Fsp3) is 0.333. The number of nitrogens with one attached hydrogen (secondary N) is 1. The van der Waals surface area contributed by atoms with Gasteiger partial charge in [0.25, 0.3) is 0 Å². The van der Waals surface area contributed by atoms with Crippen LogP contribution in [0.4, 0.5) is 4.39 Å². The predicted molar refractivity (Wildman–Crippen MR) is 87.5 cm³/mol. The van der Waals surface area contributed by atoms with Gasteiger partial charge in [0.15, 0.2) is 0 Å². The summed E-state index contributed by atoms with van der Waals surface area (Å²) in [4.78, 5) is 0. The Morgan fingerprint density at radius 3 is 2.24 bits per heavy atom. The first kappa shape index (κ1) is 16.0. The highest BCUT2D eigenvalue weighted by molar-refractivity contribution is 6.31. The van der Waals surface area contributed by atoms with Crippen LogP contribution in [0.15, 0.2) is 36.4 Å². The lowest BCUT2D eigenvalue weighted by molar-refractivity contribution is 0.590. The highest BCUT2D eigenvalue weighted by Gasteiger charge is 2.15. The van der Waals surface area contributed by atoms with Gasteiger partial charge in [0.1, 0.15) is 5.82 Å². The smallest absolute Gasteiger partial charge is 0.126 e. The van der Waals surface area contributed by atoms with Gasteiger partial charge < -0.3 is 5.32 Å². The Kier molecular flexibility index (Phi) is 5.38. The van der Waals surface area contributed by atoms with Gasteiger partial charge in [0.05, 0.1) is 6.04 Å². The maximum absolute atomic E-state index is 13.5. The number of benzene rings is 2. The highest BCUT2D eigenvalue weighted by atomic mass is 35.5. The van der Waals surface area contributed by atoms with Gasteiger partial charge >= 0.3 is 0 Å². The molecule has 2 aromatic rings. The second-order valence-electron chi connectivity index (χ2n) is 5.40. The van der Waals surface area contributed by atoms with E-state index in [1.807, 2.05) is 31.2 Å². The van der Waals surface area contributed by atoms with Crippen LogP contribution in [0.2, 0.25) is 5.02 Å². The molecule has 0 bridgehead atoms. The van der Waals surface area contributed by atoms with Gasteiger partial charge in [0.2, 0.25) is 0 Å². The Labute approximate surface area is 131 Å². The van der Waals surface area contributed by atoms with Crippen LogP contribution in [-0.4, -0.2) is 6.54 Å². The third-order valence-corrected chi connectivity index (χ3v) is 4.05. The molecule has 2 rings (SSSR count). The summed E-state index contributed by atoms with van der Waals surface area (Å²) >= 11 is 6.11. The van der Waals surface area contributed by atoms with Crippen LogP contribution >= 0.6 is 11.6 Å². The zero-order valence-corrected chi connectivity index (χ0v) is 13.5. The minimum Gasteiger partial charge on any atom is -0.306 e. The molecule has 0 spiro atoms. The van der Waals surface area contributed by atoms with E-state index in [0.29, 0.717) is 5.56 Å². The zero-order valence-electron chi connectivity index (χ0n) is 12.7. The molecule has 0 aromatic heterocycles. The molecule has 1 nitrogen and oxygen atoms in total. The minimum atomic E-state index is -0.166. The Hall–Kier alpha value is -1.38. The normalized spacial score (nSPS) is 12.4. The molecule has 0 amide bonds. The zero-order chi connectivity index (χ0) is 15.4. The van der Waals surface area contributed by atoms with Crippen LogP contribution in [-0.2, 0) is 0 Å². The van der Waals surface area contributed by atoms with E-state index in [9.17, 15) is 4.39 Å². The van der Waals surface area contributed by atoms with Crippen LogP contribution in [0.1, 0.15) is 41.6 Å². The lowest BCUT2D eigenvalue weighted by Gasteiger charge is -2.21. The molecule has 3 heteroatoms. The number of rotatable bonds is 5. The summed E-state index contributed by atoms with van der Waals surface area (Å²) in [7, 11) is 0. The summed E-state index contributed by atoms with van der Waals surface area (Å²) in [5.74, 6) is -0.166. The molecule has 21 heavy (non-hydrogen) atoms. The maximum atomic E-state index is 13.5. The molecule has 0 saturated heterocycles. The van der Waals surface area contributed by atoms with E-state index >= 15 is 0 Å². The Bertz CT molecular complexity index is 573. The average Bonchev–Trinajstić information content (AvgIpc) is 2.46. The third kappa shape index (κ3) is 3.84. The van der Waals surface area contributed by atoms with E-state index in [1.54, 1.807) is 6.92 Å². The number of hydrogen-bond acceptors (Lipinski definition) is 1. The van der Waals surface area contributed by atoms with Crippen LogP contribution in [0.3, 0.4) is 0 Å². The lowest BCUT2D eigenvalue weighted by atomic mass is 9.96. The van der Waals surface area contributed by atoms with Crippen molar-refractivity contribution in [1.82, 2.24) is 5.32 Å². The van der Waals surface area contributed by atoms with Gasteiger partial charge in [-0.15, -0.1) is 0 Å². The molecule has 0 heterocycles. The number of halogens is 2. The van der Waals surface area contributed by atoms with Crippen LogP contribution in [0, 0.1) is 19.7 Å². The first-order chi connectivity index (χ1) is 10.0. The number of hydrogen-bond donors (Lipinski definition) is 1. The van der Waals surface area contributed by atoms with Crippen molar-refractivity contribution in [3.8, 4) is 0 Å². The highest BCUT2D eigenvalue weighted by Crippen LogP contribution is 2.27.